The average molecular weight is 346 g/mol. The van der Waals surface area contributed by atoms with Crippen LogP contribution < -0.4 is 11.3 Å². The minimum absolute atomic E-state index is 0.133. The molecule has 0 saturated carbocycles. The molecule has 108 valence electrons. The maximum absolute atomic E-state index is 5.80. The molecular formula is C15H16BrN5. The Kier molecular flexibility index (Phi) is 4.01. The fourth-order valence-corrected chi connectivity index (χ4v) is 3.04. The van der Waals surface area contributed by atoms with Gasteiger partial charge in [-0.25, -0.2) is 5.43 Å². The van der Waals surface area contributed by atoms with Crippen LogP contribution in [0.25, 0.3) is 10.9 Å². The number of hydrogen-bond donors (Lipinski definition) is 2. The SMILES string of the molecule is CCn1ncc(Br)c1C(NN)c1ccc2ncccc2c1. The third-order valence-corrected chi connectivity index (χ3v) is 4.14. The van der Waals surface area contributed by atoms with Gasteiger partial charge in [-0.05, 0) is 46.6 Å². The van der Waals surface area contributed by atoms with Gasteiger partial charge in [0, 0.05) is 18.1 Å². The number of aryl methyl sites for hydroxylation is 1. The number of nitrogens with one attached hydrogen (secondary N) is 1. The third-order valence-electron chi connectivity index (χ3n) is 3.53. The van der Waals surface area contributed by atoms with Gasteiger partial charge in [0.05, 0.1) is 27.9 Å². The monoisotopic (exact) mass is 345 g/mol. The summed E-state index contributed by atoms with van der Waals surface area (Å²) in [4.78, 5) is 4.34. The van der Waals surface area contributed by atoms with Gasteiger partial charge in [-0.2, -0.15) is 5.10 Å². The second kappa shape index (κ2) is 5.93. The van der Waals surface area contributed by atoms with Gasteiger partial charge in [0.15, 0.2) is 0 Å². The molecule has 0 radical (unpaired) electrons. The van der Waals surface area contributed by atoms with E-state index in [2.05, 4.69) is 44.4 Å². The number of hydrogen-bond acceptors (Lipinski definition) is 4. The number of hydrazine groups is 1. The molecule has 2 heterocycles. The molecule has 1 atom stereocenters. The zero-order valence-electron chi connectivity index (χ0n) is 11.6. The molecule has 3 rings (SSSR count). The summed E-state index contributed by atoms with van der Waals surface area (Å²) in [5.41, 5.74) is 5.96. The van der Waals surface area contributed by atoms with Crippen LogP contribution in [0.5, 0.6) is 0 Å². The van der Waals surface area contributed by atoms with Crippen LogP contribution in [0.4, 0.5) is 0 Å². The normalized spacial score (nSPS) is 12.7. The number of rotatable bonds is 4. The van der Waals surface area contributed by atoms with Gasteiger partial charge in [-0.1, -0.05) is 12.1 Å². The van der Waals surface area contributed by atoms with E-state index in [-0.39, 0.29) is 6.04 Å². The van der Waals surface area contributed by atoms with Crippen LogP contribution in [0.3, 0.4) is 0 Å². The second-order valence-electron chi connectivity index (χ2n) is 4.75. The summed E-state index contributed by atoms with van der Waals surface area (Å²) >= 11 is 3.56. The summed E-state index contributed by atoms with van der Waals surface area (Å²) < 4.78 is 2.88. The molecule has 0 aliphatic heterocycles. The lowest BCUT2D eigenvalue weighted by Gasteiger charge is -2.19. The van der Waals surface area contributed by atoms with Crippen molar-refractivity contribution in [3.8, 4) is 0 Å². The zero-order chi connectivity index (χ0) is 14.8. The van der Waals surface area contributed by atoms with Gasteiger partial charge >= 0.3 is 0 Å². The molecule has 21 heavy (non-hydrogen) atoms. The zero-order valence-corrected chi connectivity index (χ0v) is 13.2. The van der Waals surface area contributed by atoms with Gasteiger partial charge in [0.25, 0.3) is 0 Å². The highest BCUT2D eigenvalue weighted by Crippen LogP contribution is 2.29. The van der Waals surface area contributed by atoms with E-state index in [0.717, 1.165) is 33.2 Å². The molecule has 5 nitrogen and oxygen atoms in total. The van der Waals surface area contributed by atoms with Crippen molar-refractivity contribution in [1.29, 1.82) is 0 Å². The first-order chi connectivity index (χ1) is 10.2. The minimum Gasteiger partial charge on any atom is -0.271 e. The van der Waals surface area contributed by atoms with Gasteiger partial charge in [-0.3, -0.25) is 15.5 Å². The summed E-state index contributed by atoms with van der Waals surface area (Å²) in [6, 6.07) is 10.0. The molecule has 0 aliphatic rings. The molecule has 3 N–H and O–H groups in total. The van der Waals surface area contributed by atoms with E-state index >= 15 is 0 Å². The van der Waals surface area contributed by atoms with E-state index < -0.39 is 0 Å². The molecule has 0 amide bonds. The first-order valence-corrected chi connectivity index (χ1v) is 7.56. The lowest BCUT2D eigenvalue weighted by Crippen LogP contribution is -2.31. The number of halogens is 1. The largest absolute Gasteiger partial charge is 0.271 e. The minimum atomic E-state index is -0.133. The van der Waals surface area contributed by atoms with Crippen LogP contribution in [-0.4, -0.2) is 14.8 Å². The first-order valence-electron chi connectivity index (χ1n) is 6.76. The molecule has 0 fully saturated rings. The molecule has 0 spiro atoms. The van der Waals surface area contributed by atoms with E-state index in [1.807, 2.05) is 28.9 Å². The van der Waals surface area contributed by atoms with Crippen LogP contribution in [0, 0.1) is 0 Å². The predicted octanol–water partition coefficient (Wildman–Crippen LogP) is 2.77. The van der Waals surface area contributed by atoms with E-state index in [9.17, 15) is 0 Å². The number of nitrogens with zero attached hydrogens (tertiary/aromatic N) is 3. The summed E-state index contributed by atoms with van der Waals surface area (Å²) in [5.74, 6) is 5.80. The van der Waals surface area contributed by atoms with Crippen LogP contribution in [0.15, 0.2) is 47.2 Å². The second-order valence-corrected chi connectivity index (χ2v) is 5.60. The van der Waals surface area contributed by atoms with Crippen molar-refractivity contribution in [3.05, 3.63) is 58.5 Å². The maximum Gasteiger partial charge on any atom is 0.0890 e. The van der Waals surface area contributed by atoms with Gasteiger partial charge in [-0.15, -0.1) is 0 Å². The van der Waals surface area contributed by atoms with Crippen molar-refractivity contribution in [1.82, 2.24) is 20.2 Å². The van der Waals surface area contributed by atoms with Crippen molar-refractivity contribution in [3.63, 3.8) is 0 Å². The lowest BCUT2D eigenvalue weighted by atomic mass is 10.0. The first kappa shape index (κ1) is 14.2. The summed E-state index contributed by atoms with van der Waals surface area (Å²) in [5, 5.41) is 5.44. The molecule has 0 aliphatic carbocycles. The van der Waals surface area contributed by atoms with Crippen molar-refractivity contribution in [2.24, 2.45) is 5.84 Å². The Morgan fingerprint density at radius 2 is 2.24 bits per heavy atom. The lowest BCUT2D eigenvalue weighted by molar-refractivity contribution is 0.542. The van der Waals surface area contributed by atoms with Crippen molar-refractivity contribution in [2.75, 3.05) is 0 Å². The fourth-order valence-electron chi connectivity index (χ4n) is 2.52. The number of fused-ring (bicyclic) bond motifs is 1. The van der Waals surface area contributed by atoms with E-state index in [4.69, 9.17) is 5.84 Å². The quantitative estimate of drug-likeness (QED) is 0.563. The van der Waals surface area contributed by atoms with Crippen molar-refractivity contribution < 1.29 is 0 Å². The van der Waals surface area contributed by atoms with Gasteiger partial charge < -0.3 is 0 Å². The summed E-state index contributed by atoms with van der Waals surface area (Å²) in [7, 11) is 0. The Morgan fingerprint density at radius 1 is 1.38 bits per heavy atom. The molecule has 6 heteroatoms. The Bertz CT molecular complexity index is 768. The highest BCUT2D eigenvalue weighted by Gasteiger charge is 2.20. The molecule has 0 saturated heterocycles. The molecular weight excluding hydrogens is 330 g/mol. The predicted molar refractivity (Wildman–Crippen MR) is 86.5 cm³/mol. The molecule has 1 unspecified atom stereocenters. The standard InChI is InChI=1S/C15H16BrN5/c1-2-21-15(12(16)9-19-21)14(20-17)11-5-6-13-10(8-11)4-3-7-18-13/h3-9,14,20H,2,17H2,1H3. The number of benzene rings is 1. The van der Waals surface area contributed by atoms with Crippen LogP contribution in [-0.2, 0) is 6.54 Å². The van der Waals surface area contributed by atoms with Gasteiger partial charge in [0.1, 0.15) is 0 Å². The van der Waals surface area contributed by atoms with E-state index in [0.29, 0.717) is 0 Å². The Labute approximate surface area is 131 Å². The fraction of sp³-hybridized carbons (Fsp3) is 0.200. The highest BCUT2D eigenvalue weighted by atomic mass is 79.9. The van der Waals surface area contributed by atoms with Gasteiger partial charge in [0.2, 0.25) is 0 Å². The van der Waals surface area contributed by atoms with E-state index in [1.165, 1.54) is 0 Å². The van der Waals surface area contributed by atoms with Crippen LogP contribution in [0.1, 0.15) is 24.2 Å². The smallest absolute Gasteiger partial charge is 0.0890 e. The number of pyridine rings is 1. The van der Waals surface area contributed by atoms with E-state index in [1.54, 1.807) is 12.4 Å². The summed E-state index contributed by atoms with van der Waals surface area (Å²) in [6.45, 7) is 2.84. The topological polar surface area (TPSA) is 68.8 Å². The molecule has 2 aromatic heterocycles. The summed E-state index contributed by atoms with van der Waals surface area (Å²) in [6.07, 6.45) is 3.59. The highest BCUT2D eigenvalue weighted by molar-refractivity contribution is 9.10. The molecule has 3 aromatic rings. The number of nitrogens with two attached hydrogens (primary N) is 1. The maximum atomic E-state index is 5.80. The molecule has 1 aromatic carbocycles. The average Bonchev–Trinajstić information content (AvgIpc) is 2.89. The Hall–Kier alpha value is -1.76. The van der Waals surface area contributed by atoms with Crippen LogP contribution >= 0.6 is 15.9 Å². The van der Waals surface area contributed by atoms with Crippen LogP contribution in [0.2, 0.25) is 0 Å². The van der Waals surface area contributed by atoms with Crippen molar-refractivity contribution >= 4 is 26.8 Å². The number of aromatic nitrogens is 3. The third kappa shape index (κ3) is 2.57. The van der Waals surface area contributed by atoms with Crippen molar-refractivity contribution in [2.45, 2.75) is 19.5 Å². The Balaban J connectivity index is 2.11. The Morgan fingerprint density at radius 3 is 3.00 bits per heavy atom. The molecule has 0 bridgehead atoms.